The van der Waals surface area contributed by atoms with E-state index in [1.165, 1.54) is 24.0 Å². The third-order valence-electron chi connectivity index (χ3n) is 3.61. The predicted molar refractivity (Wildman–Crippen MR) is 91.4 cm³/mol. The average molecular weight is 331 g/mol. The van der Waals surface area contributed by atoms with Gasteiger partial charge in [0.25, 0.3) is 5.91 Å². The smallest absolute Gasteiger partial charge is 0.310 e. The number of benzene rings is 1. The van der Waals surface area contributed by atoms with E-state index >= 15 is 0 Å². The van der Waals surface area contributed by atoms with Crippen molar-refractivity contribution in [3.63, 3.8) is 0 Å². The SMILES string of the molecule is COC(=O)C(C)CN(Cc1ccc(C)cc1)C(=O)c1cccs1. The molecule has 0 saturated carbocycles. The number of carbonyl (C=O) groups is 2. The number of amides is 1. The second-order valence-electron chi connectivity index (χ2n) is 5.57. The van der Waals surface area contributed by atoms with Crippen LogP contribution < -0.4 is 0 Å². The maximum absolute atomic E-state index is 12.7. The molecule has 2 rings (SSSR count). The van der Waals surface area contributed by atoms with Crippen molar-refractivity contribution in [3.05, 3.63) is 57.8 Å². The van der Waals surface area contributed by atoms with E-state index in [2.05, 4.69) is 0 Å². The number of hydrogen-bond acceptors (Lipinski definition) is 4. The summed E-state index contributed by atoms with van der Waals surface area (Å²) in [6.07, 6.45) is 0. The van der Waals surface area contributed by atoms with Crippen molar-refractivity contribution in [2.75, 3.05) is 13.7 Å². The molecule has 1 unspecified atom stereocenters. The molecule has 1 aromatic heterocycles. The standard InChI is InChI=1S/C18H21NO3S/c1-13-6-8-15(9-7-13)12-19(11-14(2)18(21)22-3)17(20)16-5-4-10-23-16/h4-10,14H,11-12H2,1-3H3. The van der Waals surface area contributed by atoms with Crippen LogP contribution in [0.2, 0.25) is 0 Å². The van der Waals surface area contributed by atoms with Crippen molar-refractivity contribution in [1.82, 2.24) is 4.90 Å². The van der Waals surface area contributed by atoms with Crippen LogP contribution in [0.5, 0.6) is 0 Å². The van der Waals surface area contributed by atoms with Crippen molar-refractivity contribution in [1.29, 1.82) is 0 Å². The molecule has 0 aliphatic carbocycles. The highest BCUT2D eigenvalue weighted by molar-refractivity contribution is 7.12. The topological polar surface area (TPSA) is 46.6 Å². The number of nitrogens with zero attached hydrogens (tertiary/aromatic N) is 1. The van der Waals surface area contributed by atoms with Gasteiger partial charge in [0.2, 0.25) is 0 Å². The van der Waals surface area contributed by atoms with Gasteiger partial charge in [0.15, 0.2) is 0 Å². The van der Waals surface area contributed by atoms with Crippen molar-refractivity contribution in [2.45, 2.75) is 20.4 Å². The Labute approximate surface area is 140 Å². The zero-order valence-electron chi connectivity index (χ0n) is 13.6. The molecule has 0 N–H and O–H groups in total. The number of rotatable bonds is 6. The minimum atomic E-state index is -0.366. The fourth-order valence-corrected chi connectivity index (χ4v) is 2.99. The molecule has 0 aliphatic heterocycles. The van der Waals surface area contributed by atoms with Crippen LogP contribution in [0.1, 0.15) is 27.7 Å². The molecule has 1 atom stereocenters. The number of carbonyl (C=O) groups excluding carboxylic acids is 2. The number of esters is 1. The summed E-state index contributed by atoms with van der Waals surface area (Å²) in [5.74, 6) is -0.733. The van der Waals surface area contributed by atoms with Gasteiger partial charge < -0.3 is 9.64 Å². The van der Waals surface area contributed by atoms with Gasteiger partial charge in [-0.05, 0) is 23.9 Å². The van der Waals surface area contributed by atoms with Gasteiger partial charge in [-0.1, -0.05) is 42.8 Å². The molecule has 2 aromatic rings. The van der Waals surface area contributed by atoms with Crippen LogP contribution in [0.4, 0.5) is 0 Å². The Balaban J connectivity index is 2.18. The van der Waals surface area contributed by atoms with Crippen LogP contribution in [0.15, 0.2) is 41.8 Å². The Hall–Kier alpha value is -2.14. The lowest BCUT2D eigenvalue weighted by Gasteiger charge is -2.25. The largest absolute Gasteiger partial charge is 0.469 e. The van der Waals surface area contributed by atoms with E-state index in [9.17, 15) is 9.59 Å². The van der Waals surface area contributed by atoms with Crippen molar-refractivity contribution < 1.29 is 14.3 Å². The van der Waals surface area contributed by atoms with E-state index in [1.54, 1.807) is 17.9 Å². The van der Waals surface area contributed by atoms with Gasteiger partial charge >= 0.3 is 5.97 Å². The summed E-state index contributed by atoms with van der Waals surface area (Å²) in [5.41, 5.74) is 2.21. The van der Waals surface area contributed by atoms with Gasteiger partial charge in [-0.25, -0.2) is 0 Å². The molecule has 0 spiro atoms. The van der Waals surface area contributed by atoms with Crippen LogP contribution in [0, 0.1) is 12.8 Å². The molecule has 1 amide bonds. The molecule has 122 valence electrons. The minimum Gasteiger partial charge on any atom is -0.469 e. The van der Waals surface area contributed by atoms with Crippen LogP contribution in [0.3, 0.4) is 0 Å². The van der Waals surface area contributed by atoms with E-state index in [0.29, 0.717) is 18.0 Å². The van der Waals surface area contributed by atoms with Gasteiger partial charge in [0.1, 0.15) is 0 Å². The van der Waals surface area contributed by atoms with Crippen molar-refractivity contribution >= 4 is 23.2 Å². The van der Waals surface area contributed by atoms with E-state index in [-0.39, 0.29) is 17.8 Å². The lowest BCUT2D eigenvalue weighted by Crippen LogP contribution is -2.36. The molecule has 0 radical (unpaired) electrons. The van der Waals surface area contributed by atoms with Crippen LogP contribution >= 0.6 is 11.3 Å². The molecule has 4 nitrogen and oxygen atoms in total. The lowest BCUT2D eigenvalue weighted by atomic mass is 10.1. The zero-order chi connectivity index (χ0) is 16.8. The summed E-state index contributed by atoms with van der Waals surface area (Å²) in [7, 11) is 1.37. The number of thiophene rings is 1. The first-order valence-electron chi connectivity index (χ1n) is 7.47. The second kappa shape index (κ2) is 7.92. The first kappa shape index (κ1) is 17.2. The fourth-order valence-electron chi connectivity index (χ4n) is 2.30. The maximum atomic E-state index is 12.7. The van der Waals surface area contributed by atoms with Crippen molar-refractivity contribution in [3.8, 4) is 0 Å². The van der Waals surface area contributed by atoms with Crippen LogP contribution in [-0.2, 0) is 16.1 Å². The molecule has 1 heterocycles. The van der Waals surface area contributed by atoms with Gasteiger partial charge in [0.05, 0.1) is 17.9 Å². The van der Waals surface area contributed by atoms with E-state index in [4.69, 9.17) is 4.74 Å². The fraction of sp³-hybridized carbons (Fsp3) is 0.333. The third-order valence-corrected chi connectivity index (χ3v) is 4.47. The second-order valence-corrected chi connectivity index (χ2v) is 6.52. The molecule has 0 saturated heterocycles. The first-order valence-corrected chi connectivity index (χ1v) is 8.35. The Morgan fingerprint density at radius 2 is 1.91 bits per heavy atom. The minimum absolute atomic E-state index is 0.0590. The maximum Gasteiger partial charge on any atom is 0.310 e. The zero-order valence-corrected chi connectivity index (χ0v) is 14.4. The summed E-state index contributed by atoms with van der Waals surface area (Å²) in [6, 6.07) is 11.7. The predicted octanol–water partition coefficient (Wildman–Crippen LogP) is 3.51. The summed E-state index contributed by atoms with van der Waals surface area (Å²) < 4.78 is 4.77. The van der Waals surface area contributed by atoms with E-state index in [0.717, 1.165) is 5.56 Å². The molecule has 0 bridgehead atoms. The number of aryl methyl sites for hydroxylation is 1. The Bertz CT molecular complexity index is 649. The van der Waals surface area contributed by atoms with Gasteiger partial charge in [-0.15, -0.1) is 11.3 Å². The molecule has 0 aliphatic rings. The highest BCUT2D eigenvalue weighted by Crippen LogP contribution is 2.17. The summed E-state index contributed by atoms with van der Waals surface area (Å²) in [4.78, 5) is 26.8. The molecule has 5 heteroatoms. The van der Waals surface area contributed by atoms with Gasteiger partial charge in [-0.2, -0.15) is 0 Å². The van der Waals surface area contributed by atoms with Gasteiger partial charge in [-0.3, -0.25) is 9.59 Å². The first-order chi connectivity index (χ1) is 11.0. The highest BCUT2D eigenvalue weighted by Gasteiger charge is 2.23. The number of ether oxygens (including phenoxy) is 1. The van der Waals surface area contributed by atoms with Gasteiger partial charge in [0, 0.05) is 13.1 Å². The summed E-state index contributed by atoms with van der Waals surface area (Å²) in [5, 5.41) is 1.88. The molecule has 23 heavy (non-hydrogen) atoms. The van der Waals surface area contributed by atoms with Crippen LogP contribution in [-0.4, -0.2) is 30.4 Å². The van der Waals surface area contributed by atoms with Crippen LogP contribution in [0.25, 0.3) is 0 Å². The Morgan fingerprint density at radius 3 is 2.48 bits per heavy atom. The monoisotopic (exact) mass is 331 g/mol. The Morgan fingerprint density at radius 1 is 1.22 bits per heavy atom. The van der Waals surface area contributed by atoms with E-state index < -0.39 is 0 Å². The molecular weight excluding hydrogens is 310 g/mol. The number of methoxy groups -OCH3 is 1. The molecule has 0 fully saturated rings. The number of hydrogen-bond donors (Lipinski definition) is 0. The molecule has 1 aromatic carbocycles. The normalized spacial score (nSPS) is 11.8. The summed E-state index contributed by atoms with van der Waals surface area (Å²) in [6.45, 7) is 4.60. The molecular formula is C18H21NO3S. The highest BCUT2D eigenvalue weighted by atomic mass is 32.1. The lowest BCUT2D eigenvalue weighted by molar-refractivity contribution is -0.145. The Kier molecular flexibility index (Phi) is 5.93. The summed E-state index contributed by atoms with van der Waals surface area (Å²) >= 11 is 1.41. The van der Waals surface area contributed by atoms with Crippen molar-refractivity contribution in [2.24, 2.45) is 5.92 Å². The average Bonchev–Trinajstić information content (AvgIpc) is 3.09. The third kappa shape index (κ3) is 4.66. The van der Waals surface area contributed by atoms with E-state index in [1.807, 2.05) is 42.6 Å². The quantitative estimate of drug-likeness (QED) is 0.761.